The van der Waals surface area contributed by atoms with E-state index in [0.717, 1.165) is 5.56 Å². The minimum absolute atomic E-state index is 0.0519. The molecule has 0 aromatic heterocycles. The van der Waals surface area contributed by atoms with Gasteiger partial charge < -0.3 is 10.5 Å². The summed E-state index contributed by atoms with van der Waals surface area (Å²) in [5, 5.41) is 0. The van der Waals surface area contributed by atoms with E-state index in [2.05, 4.69) is 4.74 Å². The Bertz CT molecular complexity index is 422. The van der Waals surface area contributed by atoms with Crippen LogP contribution in [-0.4, -0.2) is 18.4 Å². The van der Waals surface area contributed by atoms with Crippen LogP contribution in [0.4, 0.5) is 8.78 Å². The summed E-state index contributed by atoms with van der Waals surface area (Å²) in [6, 6.07) is 6.46. The molecule has 5 heteroatoms. The molecule has 0 saturated heterocycles. The molecule has 1 aromatic carbocycles. The summed E-state index contributed by atoms with van der Waals surface area (Å²) in [6.45, 7) is 5.01. The van der Waals surface area contributed by atoms with Gasteiger partial charge in [0.1, 0.15) is 5.75 Å². The number of carbonyl (C=O) groups is 1. The van der Waals surface area contributed by atoms with E-state index in [-0.39, 0.29) is 11.2 Å². The van der Waals surface area contributed by atoms with Gasteiger partial charge in [-0.25, -0.2) is 4.79 Å². The number of hydrogen-bond acceptors (Lipinski definition) is 3. The second-order valence-corrected chi connectivity index (χ2v) is 5.07. The molecule has 0 aliphatic rings. The average Bonchev–Trinajstić information content (AvgIpc) is 2.28. The van der Waals surface area contributed by atoms with Gasteiger partial charge in [0.25, 0.3) is 0 Å². The largest absolute Gasteiger partial charge is 0.422 e. The lowest BCUT2D eigenvalue weighted by Gasteiger charge is -2.19. The Morgan fingerprint density at radius 1 is 1.22 bits per heavy atom. The summed E-state index contributed by atoms with van der Waals surface area (Å²) < 4.78 is 30.4. The maximum atomic E-state index is 12.9. The van der Waals surface area contributed by atoms with Gasteiger partial charge in [-0.1, -0.05) is 32.9 Å². The van der Waals surface area contributed by atoms with Crippen LogP contribution in [-0.2, 0) is 10.2 Å². The van der Waals surface area contributed by atoms with Crippen LogP contribution in [0.15, 0.2) is 24.3 Å². The lowest BCUT2D eigenvalue weighted by atomic mass is 9.87. The van der Waals surface area contributed by atoms with Gasteiger partial charge in [-0.2, -0.15) is 8.78 Å². The van der Waals surface area contributed by atoms with E-state index >= 15 is 0 Å². The standard InChI is InChI=1S/C13H17F2NO2/c1-12(2,3)9-4-6-10(7-5-9)18-11(17)13(14,15)8-16/h4-7H,8,16H2,1-3H3. The molecule has 0 aliphatic heterocycles. The fourth-order valence-electron chi connectivity index (χ4n) is 1.29. The van der Waals surface area contributed by atoms with Gasteiger partial charge in [-0.15, -0.1) is 0 Å². The third-order valence-electron chi connectivity index (χ3n) is 2.49. The molecule has 0 atom stereocenters. The number of esters is 1. The van der Waals surface area contributed by atoms with Crippen molar-refractivity contribution in [3.05, 3.63) is 29.8 Å². The number of rotatable bonds is 3. The van der Waals surface area contributed by atoms with Gasteiger partial charge in [0, 0.05) is 0 Å². The summed E-state index contributed by atoms with van der Waals surface area (Å²) in [5.74, 6) is -5.20. The van der Waals surface area contributed by atoms with Gasteiger partial charge in [-0.3, -0.25) is 0 Å². The van der Waals surface area contributed by atoms with E-state index in [4.69, 9.17) is 5.73 Å². The quantitative estimate of drug-likeness (QED) is 0.668. The molecule has 18 heavy (non-hydrogen) atoms. The van der Waals surface area contributed by atoms with Crippen molar-refractivity contribution in [1.29, 1.82) is 0 Å². The molecule has 2 N–H and O–H groups in total. The van der Waals surface area contributed by atoms with E-state index in [0.29, 0.717) is 0 Å². The second kappa shape index (κ2) is 5.02. The molecule has 0 bridgehead atoms. The normalized spacial score (nSPS) is 12.3. The van der Waals surface area contributed by atoms with Gasteiger partial charge in [0.15, 0.2) is 0 Å². The van der Waals surface area contributed by atoms with Gasteiger partial charge in [-0.05, 0) is 23.1 Å². The predicted molar refractivity (Wildman–Crippen MR) is 64.8 cm³/mol. The highest BCUT2D eigenvalue weighted by Gasteiger charge is 2.39. The molecule has 0 heterocycles. The van der Waals surface area contributed by atoms with Crippen molar-refractivity contribution in [2.24, 2.45) is 5.73 Å². The first-order valence-electron chi connectivity index (χ1n) is 5.57. The number of hydrogen-bond donors (Lipinski definition) is 1. The minimum atomic E-state index is -3.65. The molecule has 0 spiro atoms. The lowest BCUT2D eigenvalue weighted by molar-refractivity contribution is -0.159. The zero-order valence-electron chi connectivity index (χ0n) is 10.7. The van der Waals surface area contributed by atoms with E-state index in [1.54, 1.807) is 12.1 Å². The molecular weight excluding hydrogens is 240 g/mol. The third-order valence-corrected chi connectivity index (χ3v) is 2.49. The van der Waals surface area contributed by atoms with Crippen molar-refractivity contribution in [1.82, 2.24) is 0 Å². The Morgan fingerprint density at radius 3 is 2.11 bits per heavy atom. The van der Waals surface area contributed by atoms with Crippen molar-refractivity contribution < 1.29 is 18.3 Å². The summed E-state index contributed by atoms with van der Waals surface area (Å²) in [7, 11) is 0. The van der Waals surface area contributed by atoms with Gasteiger partial charge >= 0.3 is 11.9 Å². The lowest BCUT2D eigenvalue weighted by Crippen LogP contribution is -2.40. The Labute approximate surface area is 105 Å². The van der Waals surface area contributed by atoms with Crippen molar-refractivity contribution in [3.8, 4) is 5.75 Å². The van der Waals surface area contributed by atoms with Crippen molar-refractivity contribution in [2.45, 2.75) is 32.1 Å². The zero-order chi connectivity index (χ0) is 14.0. The Kier molecular flexibility index (Phi) is 4.06. The first kappa shape index (κ1) is 14.6. The van der Waals surface area contributed by atoms with E-state index < -0.39 is 18.4 Å². The maximum Gasteiger partial charge on any atom is 0.383 e. The third kappa shape index (κ3) is 3.50. The summed E-state index contributed by atoms with van der Waals surface area (Å²) in [6.07, 6.45) is 0. The highest BCUT2D eigenvalue weighted by Crippen LogP contribution is 2.25. The number of alkyl halides is 2. The van der Waals surface area contributed by atoms with Crippen LogP contribution in [0.1, 0.15) is 26.3 Å². The Balaban J connectivity index is 2.79. The van der Waals surface area contributed by atoms with E-state index in [1.165, 1.54) is 12.1 Å². The van der Waals surface area contributed by atoms with Crippen molar-refractivity contribution in [3.63, 3.8) is 0 Å². The minimum Gasteiger partial charge on any atom is -0.422 e. The second-order valence-electron chi connectivity index (χ2n) is 5.07. The van der Waals surface area contributed by atoms with Crippen molar-refractivity contribution >= 4 is 5.97 Å². The van der Waals surface area contributed by atoms with Crippen LogP contribution in [0.25, 0.3) is 0 Å². The molecule has 100 valence electrons. The van der Waals surface area contributed by atoms with E-state index in [1.807, 2.05) is 20.8 Å². The molecule has 1 aromatic rings. The molecule has 0 radical (unpaired) electrons. The number of halogens is 2. The molecule has 0 aliphatic carbocycles. The van der Waals surface area contributed by atoms with Crippen LogP contribution in [0.3, 0.4) is 0 Å². The molecule has 0 fully saturated rings. The molecule has 1 rings (SSSR count). The molecule has 0 saturated carbocycles. The monoisotopic (exact) mass is 257 g/mol. The number of benzene rings is 1. The summed E-state index contributed by atoms with van der Waals surface area (Å²) in [4.78, 5) is 11.1. The van der Waals surface area contributed by atoms with Gasteiger partial charge in [0.05, 0.1) is 6.54 Å². The molecule has 3 nitrogen and oxygen atoms in total. The number of nitrogens with two attached hydrogens (primary N) is 1. The van der Waals surface area contributed by atoms with Crippen LogP contribution >= 0.6 is 0 Å². The first-order chi connectivity index (χ1) is 8.16. The van der Waals surface area contributed by atoms with E-state index in [9.17, 15) is 13.6 Å². The molecule has 0 unspecified atom stereocenters. The zero-order valence-corrected chi connectivity index (χ0v) is 10.7. The summed E-state index contributed by atoms with van der Waals surface area (Å²) in [5.41, 5.74) is 5.76. The fraction of sp³-hybridized carbons (Fsp3) is 0.462. The maximum absolute atomic E-state index is 12.9. The fourth-order valence-corrected chi connectivity index (χ4v) is 1.29. The van der Waals surface area contributed by atoms with Crippen LogP contribution < -0.4 is 10.5 Å². The van der Waals surface area contributed by atoms with Crippen LogP contribution in [0.2, 0.25) is 0 Å². The van der Waals surface area contributed by atoms with Gasteiger partial charge in [0.2, 0.25) is 0 Å². The molecule has 0 amide bonds. The highest BCUT2D eigenvalue weighted by atomic mass is 19.3. The van der Waals surface area contributed by atoms with Crippen molar-refractivity contribution in [2.75, 3.05) is 6.54 Å². The predicted octanol–water partition coefficient (Wildman–Crippen LogP) is 2.48. The smallest absolute Gasteiger partial charge is 0.383 e. The van der Waals surface area contributed by atoms with Crippen LogP contribution in [0, 0.1) is 0 Å². The SMILES string of the molecule is CC(C)(C)c1ccc(OC(=O)C(F)(F)CN)cc1. The van der Waals surface area contributed by atoms with Crippen LogP contribution in [0.5, 0.6) is 5.75 Å². The highest BCUT2D eigenvalue weighted by molar-refractivity contribution is 5.80. The Hall–Kier alpha value is -1.49. The number of carbonyl (C=O) groups excluding carboxylic acids is 1. The molecular formula is C13H17F2NO2. The first-order valence-corrected chi connectivity index (χ1v) is 5.57. The topological polar surface area (TPSA) is 52.3 Å². The number of ether oxygens (including phenoxy) is 1. The summed E-state index contributed by atoms with van der Waals surface area (Å²) >= 11 is 0. The Morgan fingerprint density at radius 2 is 1.72 bits per heavy atom. The average molecular weight is 257 g/mol.